The van der Waals surface area contributed by atoms with Crippen LogP contribution < -0.4 is 11.5 Å². The van der Waals surface area contributed by atoms with Gasteiger partial charge in [-0.05, 0) is 35.6 Å². The SMILES string of the molecule is NC(=O)c1cccc2c(C3(c4ccc(-c5cnc(N)nc5)cc4)CCC3)c[nH]c12. The number of nitrogens with zero attached hydrogens (tertiary/aromatic N) is 2. The zero-order valence-electron chi connectivity index (χ0n) is 15.9. The van der Waals surface area contributed by atoms with Gasteiger partial charge in [-0.1, -0.05) is 42.8 Å². The van der Waals surface area contributed by atoms with Crippen molar-refractivity contribution in [3.05, 3.63) is 77.7 Å². The maximum atomic E-state index is 11.8. The van der Waals surface area contributed by atoms with E-state index in [0.717, 1.165) is 34.9 Å². The van der Waals surface area contributed by atoms with Gasteiger partial charge in [0.05, 0.1) is 11.1 Å². The Hall–Kier alpha value is -3.67. The lowest BCUT2D eigenvalue weighted by Gasteiger charge is -2.43. The third kappa shape index (κ3) is 2.68. The van der Waals surface area contributed by atoms with E-state index in [0.29, 0.717) is 5.56 Å². The van der Waals surface area contributed by atoms with E-state index in [1.165, 1.54) is 17.5 Å². The molecule has 29 heavy (non-hydrogen) atoms. The molecule has 0 saturated heterocycles. The fraction of sp³-hybridized carbons (Fsp3) is 0.174. The number of rotatable bonds is 4. The van der Waals surface area contributed by atoms with Crippen LogP contribution in [-0.4, -0.2) is 20.9 Å². The number of hydrogen-bond donors (Lipinski definition) is 3. The molecule has 144 valence electrons. The topological polar surface area (TPSA) is 111 Å². The lowest BCUT2D eigenvalue weighted by molar-refractivity contribution is 0.100. The van der Waals surface area contributed by atoms with Crippen molar-refractivity contribution >= 4 is 22.8 Å². The summed E-state index contributed by atoms with van der Waals surface area (Å²) in [7, 11) is 0. The Morgan fingerprint density at radius 3 is 2.34 bits per heavy atom. The smallest absolute Gasteiger partial charge is 0.250 e. The number of carbonyl (C=O) groups is 1. The molecule has 6 heteroatoms. The molecule has 1 saturated carbocycles. The zero-order chi connectivity index (χ0) is 20.0. The summed E-state index contributed by atoms with van der Waals surface area (Å²) >= 11 is 0. The number of para-hydroxylation sites is 1. The minimum absolute atomic E-state index is 0.0509. The summed E-state index contributed by atoms with van der Waals surface area (Å²) in [6.45, 7) is 0. The standard InChI is InChI=1S/C23H21N5O/c24-21(29)18-4-1-3-17-19(13-26-20(17)18)23(9-2-10-23)16-7-5-14(6-8-16)15-11-27-22(25)28-12-15/h1,3-8,11-13,26H,2,9-10H2,(H2,24,29)(H2,25,27,28). The van der Waals surface area contributed by atoms with Gasteiger partial charge >= 0.3 is 0 Å². The number of nitrogens with one attached hydrogen (secondary N) is 1. The molecule has 1 aliphatic carbocycles. The van der Waals surface area contributed by atoms with Crippen LogP contribution in [-0.2, 0) is 5.41 Å². The fourth-order valence-electron chi connectivity index (χ4n) is 4.47. The minimum atomic E-state index is -0.415. The molecule has 2 aromatic carbocycles. The number of hydrogen-bond acceptors (Lipinski definition) is 4. The molecule has 0 bridgehead atoms. The lowest BCUT2D eigenvalue weighted by atomic mass is 9.60. The number of H-pyrrole nitrogens is 1. The van der Waals surface area contributed by atoms with Crippen LogP contribution >= 0.6 is 0 Å². The van der Waals surface area contributed by atoms with Crippen LogP contribution in [0.5, 0.6) is 0 Å². The van der Waals surface area contributed by atoms with E-state index in [1.807, 2.05) is 12.3 Å². The van der Waals surface area contributed by atoms with Gasteiger partial charge in [-0.2, -0.15) is 0 Å². The summed E-state index contributed by atoms with van der Waals surface area (Å²) in [5.41, 5.74) is 16.9. The largest absolute Gasteiger partial charge is 0.368 e. The van der Waals surface area contributed by atoms with Crippen molar-refractivity contribution in [3.63, 3.8) is 0 Å². The normalized spacial score (nSPS) is 15.2. The van der Waals surface area contributed by atoms with Crippen molar-refractivity contribution < 1.29 is 4.79 Å². The monoisotopic (exact) mass is 383 g/mol. The second kappa shape index (κ2) is 6.44. The van der Waals surface area contributed by atoms with E-state index >= 15 is 0 Å². The molecule has 5 rings (SSSR count). The molecule has 2 heterocycles. The average molecular weight is 383 g/mol. The van der Waals surface area contributed by atoms with Gasteiger partial charge in [0, 0.05) is 35.0 Å². The summed E-state index contributed by atoms with van der Waals surface area (Å²) in [4.78, 5) is 23.3. The van der Waals surface area contributed by atoms with Gasteiger partial charge in [-0.3, -0.25) is 4.79 Å². The zero-order valence-corrected chi connectivity index (χ0v) is 15.9. The van der Waals surface area contributed by atoms with Gasteiger partial charge in [0.25, 0.3) is 5.91 Å². The molecule has 0 unspecified atom stereocenters. The summed E-state index contributed by atoms with van der Waals surface area (Å²) < 4.78 is 0. The van der Waals surface area contributed by atoms with Gasteiger partial charge in [0.2, 0.25) is 5.95 Å². The van der Waals surface area contributed by atoms with Crippen LogP contribution in [0.1, 0.15) is 40.7 Å². The van der Waals surface area contributed by atoms with E-state index in [-0.39, 0.29) is 11.4 Å². The minimum Gasteiger partial charge on any atom is -0.368 e. The fourth-order valence-corrected chi connectivity index (χ4v) is 4.47. The molecule has 0 spiro atoms. The lowest BCUT2D eigenvalue weighted by Crippen LogP contribution is -2.35. The molecule has 1 amide bonds. The summed E-state index contributed by atoms with van der Waals surface area (Å²) in [6.07, 6.45) is 8.84. The second-order valence-electron chi connectivity index (χ2n) is 7.64. The van der Waals surface area contributed by atoms with E-state index in [2.05, 4.69) is 45.3 Å². The molecular formula is C23H21N5O. The van der Waals surface area contributed by atoms with Crippen molar-refractivity contribution in [2.45, 2.75) is 24.7 Å². The quantitative estimate of drug-likeness (QED) is 0.498. The first-order valence-electron chi connectivity index (χ1n) is 9.67. The van der Waals surface area contributed by atoms with Gasteiger partial charge in [0.15, 0.2) is 0 Å². The van der Waals surface area contributed by atoms with Crippen LogP contribution in [0.4, 0.5) is 5.95 Å². The highest BCUT2D eigenvalue weighted by Gasteiger charge is 2.42. The predicted octanol–water partition coefficient (Wildman–Crippen LogP) is 3.78. The van der Waals surface area contributed by atoms with E-state index in [4.69, 9.17) is 11.5 Å². The van der Waals surface area contributed by atoms with Crippen LogP contribution in [0.2, 0.25) is 0 Å². The Morgan fingerprint density at radius 1 is 1.00 bits per heavy atom. The third-order valence-electron chi connectivity index (χ3n) is 6.15. The summed E-state index contributed by atoms with van der Waals surface area (Å²) in [5, 5.41) is 1.07. The number of aromatic amines is 1. The highest BCUT2D eigenvalue weighted by molar-refractivity contribution is 6.06. The van der Waals surface area contributed by atoms with Crippen molar-refractivity contribution in [3.8, 4) is 11.1 Å². The van der Waals surface area contributed by atoms with Gasteiger partial charge in [-0.15, -0.1) is 0 Å². The molecule has 0 atom stereocenters. The number of amides is 1. The number of primary amides is 1. The number of nitrogens with two attached hydrogens (primary N) is 2. The highest BCUT2D eigenvalue weighted by atomic mass is 16.1. The van der Waals surface area contributed by atoms with Gasteiger partial charge in [0.1, 0.15) is 0 Å². The van der Waals surface area contributed by atoms with E-state index in [1.54, 1.807) is 18.5 Å². The van der Waals surface area contributed by atoms with Crippen molar-refractivity contribution in [1.82, 2.24) is 15.0 Å². The van der Waals surface area contributed by atoms with Crippen LogP contribution in [0.25, 0.3) is 22.0 Å². The molecule has 2 aromatic heterocycles. The number of anilines is 1. The molecule has 6 nitrogen and oxygen atoms in total. The van der Waals surface area contributed by atoms with Crippen molar-refractivity contribution in [1.29, 1.82) is 0 Å². The number of fused-ring (bicyclic) bond motifs is 1. The Morgan fingerprint density at radius 2 is 1.72 bits per heavy atom. The third-order valence-corrected chi connectivity index (χ3v) is 6.15. The van der Waals surface area contributed by atoms with Crippen molar-refractivity contribution in [2.75, 3.05) is 5.73 Å². The van der Waals surface area contributed by atoms with Crippen LogP contribution in [0.15, 0.2) is 61.1 Å². The van der Waals surface area contributed by atoms with Crippen LogP contribution in [0, 0.1) is 0 Å². The maximum absolute atomic E-state index is 11.8. The number of carbonyl (C=O) groups excluding carboxylic acids is 1. The summed E-state index contributed by atoms with van der Waals surface area (Å²) in [5.74, 6) is -0.143. The first kappa shape index (κ1) is 17.4. The van der Waals surface area contributed by atoms with Gasteiger partial charge in [-0.25, -0.2) is 9.97 Å². The molecular weight excluding hydrogens is 362 g/mol. The Kier molecular flexibility index (Phi) is 3.87. The molecule has 1 aliphatic rings. The second-order valence-corrected chi connectivity index (χ2v) is 7.64. The molecule has 0 radical (unpaired) electrons. The number of nitrogen functional groups attached to an aromatic ring is 1. The maximum Gasteiger partial charge on any atom is 0.250 e. The first-order valence-corrected chi connectivity index (χ1v) is 9.67. The Labute approximate surface area is 168 Å². The Bertz CT molecular complexity index is 1200. The average Bonchev–Trinajstić information content (AvgIpc) is 3.13. The molecule has 4 aromatic rings. The van der Waals surface area contributed by atoms with E-state index < -0.39 is 5.91 Å². The predicted molar refractivity (Wildman–Crippen MR) is 113 cm³/mol. The van der Waals surface area contributed by atoms with E-state index in [9.17, 15) is 4.79 Å². The van der Waals surface area contributed by atoms with Crippen molar-refractivity contribution in [2.24, 2.45) is 5.73 Å². The summed E-state index contributed by atoms with van der Waals surface area (Å²) in [6, 6.07) is 14.3. The molecule has 5 N–H and O–H groups in total. The number of benzene rings is 2. The van der Waals surface area contributed by atoms with Crippen LogP contribution in [0.3, 0.4) is 0 Å². The molecule has 0 aliphatic heterocycles. The van der Waals surface area contributed by atoms with Gasteiger partial charge < -0.3 is 16.5 Å². The number of aromatic nitrogens is 3. The molecule has 1 fully saturated rings. The highest BCUT2D eigenvalue weighted by Crippen LogP contribution is 2.51. The Balaban J connectivity index is 1.57. The first-order chi connectivity index (χ1) is 14.1.